The fourth-order valence-corrected chi connectivity index (χ4v) is 2.39. The van der Waals surface area contributed by atoms with Gasteiger partial charge in [-0.15, -0.1) is 0 Å². The molecule has 2 aromatic carbocycles. The molecule has 1 atom stereocenters. The summed E-state index contributed by atoms with van der Waals surface area (Å²) in [5.74, 6) is -1.44. The van der Waals surface area contributed by atoms with E-state index in [9.17, 15) is 9.59 Å². The number of benzene rings is 2. The van der Waals surface area contributed by atoms with Gasteiger partial charge in [0.2, 0.25) is 0 Å². The number of carboxylic acid groups (broad SMARTS) is 1. The Bertz CT molecular complexity index is 676. The second kappa shape index (κ2) is 4.81. The Morgan fingerprint density at radius 2 is 1.85 bits per heavy atom. The minimum Gasteiger partial charge on any atom is -0.481 e. The number of hydrogen-bond acceptors (Lipinski definition) is 3. The van der Waals surface area contributed by atoms with Crippen molar-refractivity contribution in [2.45, 2.75) is 12.5 Å². The van der Waals surface area contributed by atoms with Crippen molar-refractivity contribution < 1.29 is 19.4 Å². The quantitative estimate of drug-likeness (QED) is 0.869. The van der Waals surface area contributed by atoms with Gasteiger partial charge in [-0.05, 0) is 17.2 Å². The minimum absolute atomic E-state index is 0.205. The highest BCUT2D eigenvalue weighted by Gasteiger charge is 2.32. The first-order valence-corrected chi connectivity index (χ1v) is 6.27. The molecule has 0 radical (unpaired) electrons. The molecular formula is C16H12O4. The zero-order valence-electron chi connectivity index (χ0n) is 10.6. The number of carbonyl (C=O) groups is 2. The molecule has 1 aliphatic rings. The lowest BCUT2D eigenvalue weighted by atomic mass is 9.97. The predicted molar refractivity (Wildman–Crippen MR) is 72.3 cm³/mol. The largest absolute Gasteiger partial charge is 0.481 e. The van der Waals surface area contributed by atoms with Crippen molar-refractivity contribution in [1.82, 2.24) is 0 Å². The van der Waals surface area contributed by atoms with Crippen LogP contribution in [0.25, 0.3) is 11.1 Å². The molecule has 1 aliphatic heterocycles. The Kier molecular flexibility index (Phi) is 2.99. The van der Waals surface area contributed by atoms with E-state index >= 15 is 0 Å². The Balaban J connectivity index is 2.00. The Labute approximate surface area is 115 Å². The van der Waals surface area contributed by atoms with E-state index in [1.807, 2.05) is 36.4 Å². The van der Waals surface area contributed by atoms with Crippen LogP contribution in [-0.4, -0.2) is 17.0 Å². The van der Waals surface area contributed by atoms with Gasteiger partial charge in [0.15, 0.2) is 0 Å². The van der Waals surface area contributed by atoms with Gasteiger partial charge in [0, 0.05) is 5.56 Å². The van der Waals surface area contributed by atoms with Crippen LogP contribution in [0.1, 0.15) is 28.4 Å². The summed E-state index contributed by atoms with van der Waals surface area (Å²) < 4.78 is 5.11. The fraction of sp³-hybridized carbons (Fsp3) is 0.125. The number of ether oxygens (including phenoxy) is 1. The number of hydrogen-bond donors (Lipinski definition) is 1. The molecule has 20 heavy (non-hydrogen) atoms. The van der Waals surface area contributed by atoms with Crippen LogP contribution in [0.15, 0.2) is 48.5 Å². The van der Waals surface area contributed by atoms with Crippen LogP contribution in [0.2, 0.25) is 0 Å². The third kappa shape index (κ3) is 2.16. The fourth-order valence-electron chi connectivity index (χ4n) is 2.39. The van der Waals surface area contributed by atoms with Crippen LogP contribution in [0.5, 0.6) is 0 Å². The molecule has 100 valence electrons. The van der Waals surface area contributed by atoms with Crippen molar-refractivity contribution in [3.05, 3.63) is 59.7 Å². The summed E-state index contributed by atoms with van der Waals surface area (Å²) in [6.45, 7) is 0. The summed E-state index contributed by atoms with van der Waals surface area (Å²) in [5, 5.41) is 8.83. The van der Waals surface area contributed by atoms with E-state index in [1.54, 1.807) is 12.1 Å². The third-order valence-electron chi connectivity index (χ3n) is 3.34. The van der Waals surface area contributed by atoms with Gasteiger partial charge in [-0.2, -0.15) is 0 Å². The zero-order valence-corrected chi connectivity index (χ0v) is 10.6. The number of fused-ring (bicyclic) bond motifs is 1. The Morgan fingerprint density at radius 1 is 1.10 bits per heavy atom. The molecule has 0 fully saturated rings. The van der Waals surface area contributed by atoms with Gasteiger partial charge in [0.05, 0.1) is 12.0 Å². The lowest BCUT2D eigenvalue weighted by molar-refractivity contribution is -0.139. The van der Waals surface area contributed by atoms with E-state index in [-0.39, 0.29) is 6.42 Å². The molecule has 2 aromatic rings. The number of rotatable bonds is 3. The van der Waals surface area contributed by atoms with E-state index in [1.165, 1.54) is 0 Å². The van der Waals surface area contributed by atoms with Crippen LogP contribution in [0, 0.1) is 0 Å². The third-order valence-corrected chi connectivity index (χ3v) is 3.34. The van der Waals surface area contributed by atoms with E-state index in [2.05, 4.69) is 0 Å². The number of carboxylic acids is 1. The van der Waals surface area contributed by atoms with E-state index in [0.29, 0.717) is 11.1 Å². The Morgan fingerprint density at radius 3 is 2.55 bits per heavy atom. The van der Waals surface area contributed by atoms with E-state index in [0.717, 1.165) is 11.1 Å². The molecular weight excluding hydrogens is 256 g/mol. The highest BCUT2D eigenvalue weighted by Crippen LogP contribution is 2.35. The van der Waals surface area contributed by atoms with Crippen molar-refractivity contribution in [3.8, 4) is 11.1 Å². The van der Waals surface area contributed by atoms with Gasteiger partial charge in [0.25, 0.3) is 0 Å². The summed E-state index contributed by atoms with van der Waals surface area (Å²) >= 11 is 0. The normalized spacial score (nSPS) is 16.6. The predicted octanol–water partition coefficient (Wildman–Crippen LogP) is 3.04. The molecule has 0 saturated heterocycles. The molecule has 0 aromatic heterocycles. The number of aliphatic carboxylic acids is 1. The lowest BCUT2D eigenvalue weighted by Gasteiger charge is -2.07. The molecule has 4 heteroatoms. The first-order valence-electron chi connectivity index (χ1n) is 6.27. The molecule has 3 rings (SSSR count). The van der Waals surface area contributed by atoms with Crippen LogP contribution < -0.4 is 0 Å². The maximum atomic E-state index is 11.8. The van der Waals surface area contributed by atoms with Gasteiger partial charge in [-0.3, -0.25) is 4.79 Å². The van der Waals surface area contributed by atoms with Crippen molar-refractivity contribution >= 4 is 11.9 Å². The first kappa shape index (κ1) is 12.4. The molecule has 0 bridgehead atoms. The van der Waals surface area contributed by atoms with Crippen LogP contribution in [-0.2, 0) is 9.53 Å². The molecule has 1 N–H and O–H groups in total. The van der Waals surface area contributed by atoms with Crippen molar-refractivity contribution in [3.63, 3.8) is 0 Å². The van der Waals surface area contributed by atoms with E-state index < -0.39 is 18.0 Å². The molecule has 0 saturated carbocycles. The van der Waals surface area contributed by atoms with Gasteiger partial charge < -0.3 is 9.84 Å². The summed E-state index contributed by atoms with van der Waals surface area (Å²) in [4.78, 5) is 22.6. The van der Waals surface area contributed by atoms with E-state index in [4.69, 9.17) is 9.84 Å². The van der Waals surface area contributed by atoms with Crippen LogP contribution >= 0.6 is 0 Å². The molecule has 1 unspecified atom stereocenters. The molecule has 4 nitrogen and oxygen atoms in total. The average Bonchev–Trinajstić information content (AvgIpc) is 2.75. The number of esters is 1. The first-order chi connectivity index (χ1) is 9.65. The summed E-state index contributed by atoms with van der Waals surface area (Å²) in [6.07, 6.45) is -0.886. The topological polar surface area (TPSA) is 63.6 Å². The SMILES string of the molecule is O=C(O)CC1OC(=O)c2cc(-c3ccccc3)ccc21. The van der Waals surface area contributed by atoms with Gasteiger partial charge in [0.1, 0.15) is 6.10 Å². The maximum Gasteiger partial charge on any atom is 0.339 e. The van der Waals surface area contributed by atoms with Crippen LogP contribution in [0.4, 0.5) is 0 Å². The average molecular weight is 268 g/mol. The standard InChI is InChI=1S/C16H12O4/c17-15(18)9-14-12-7-6-11(8-13(12)16(19)20-14)10-4-2-1-3-5-10/h1-8,14H,9H2,(H,17,18). The van der Waals surface area contributed by atoms with Crippen molar-refractivity contribution in [2.75, 3.05) is 0 Å². The highest BCUT2D eigenvalue weighted by atomic mass is 16.5. The second-order valence-electron chi connectivity index (χ2n) is 4.66. The van der Waals surface area contributed by atoms with Gasteiger partial charge in [-0.25, -0.2) is 4.79 Å². The Hall–Kier alpha value is -2.62. The van der Waals surface area contributed by atoms with Gasteiger partial charge in [-0.1, -0.05) is 42.5 Å². The molecule has 1 heterocycles. The van der Waals surface area contributed by atoms with Gasteiger partial charge >= 0.3 is 11.9 Å². The van der Waals surface area contributed by atoms with Crippen molar-refractivity contribution in [2.24, 2.45) is 0 Å². The number of carbonyl (C=O) groups excluding carboxylic acids is 1. The lowest BCUT2D eigenvalue weighted by Crippen LogP contribution is -2.05. The smallest absolute Gasteiger partial charge is 0.339 e. The molecule has 0 amide bonds. The van der Waals surface area contributed by atoms with Crippen molar-refractivity contribution in [1.29, 1.82) is 0 Å². The minimum atomic E-state index is -0.984. The molecule has 0 spiro atoms. The highest BCUT2D eigenvalue weighted by molar-refractivity contribution is 5.96. The second-order valence-corrected chi connectivity index (χ2v) is 4.66. The zero-order chi connectivity index (χ0) is 14.1. The monoisotopic (exact) mass is 268 g/mol. The molecule has 0 aliphatic carbocycles. The maximum absolute atomic E-state index is 11.8. The van der Waals surface area contributed by atoms with Crippen LogP contribution in [0.3, 0.4) is 0 Å². The summed E-state index contributed by atoms with van der Waals surface area (Å²) in [7, 11) is 0. The number of cyclic esters (lactones) is 1. The summed E-state index contributed by atoms with van der Waals surface area (Å²) in [6, 6.07) is 15.1. The summed E-state index contributed by atoms with van der Waals surface area (Å²) in [5.41, 5.74) is 3.02.